The van der Waals surface area contributed by atoms with Crippen LogP contribution in [0.2, 0.25) is 0 Å². The number of hydrogen-bond donors (Lipinski definition) is 1. The molecule has 0 aliphatic heterocycles. The number of rotatable bonds is 5. The zero-order valence-electron chi connectivity index (χ0n) is 14.7. The molecule has 2 heterocycles. The van der Waals surface area contributed by atoms with Crippen molar-refractivity contribution < 1.29 is 19.0 Å². The second kappa shape index (κ2) is 6.99. The Bertz CT molecular complexity index is 970. The van der Waals surface area contributed by atoms with E-state index in [-0.39, 0.29) is 18.9 Å². The lowest BCUT2D eigenvalue weighted by Gasteiger charge is -2.19. The average molecular weight is 358 g/mol. The molecule has 26 heavy (non-hydrogen) atoms. The number of nitrogens with zero attached hydrogens (tertiary/aromatic N) is 4. The first-order valence-corrected chi connectivity index (χ1v) is 8.12. The summed E-state index contributed by atoms with van der Waals surface area (Å²) in [6.45, 7) is 3.95. The Balaban J connectivity index is 1.96. The third kappa shape index (κ3) is 3.30. The van der Waals surface area contributed by atoms with Crippen molar-refractivity contribution in [2.45, 2.75) is 20.4 Å². The van der Waals surface area contributed by atoms with Crippen LogP contribution in [0, 0.1) is 12.7 Å². The summed E-state index contributed by atoms with van der Waals surface area (Å²) in [6, 6.07) is 5.51. The van der Waals surface area contributed by atoms with Gasteiger partial charge in [0.15, 0.2) is 5.65 Å². The molecule has 1 aromatic carbocycles. The Morgan fingerprint density at radius 2 is 2.15 bits per heavy atom. The van der Waals surface area contributed by atoms with Crippen LogP contribution in [0.5, 0.6) is 5.75 Å². The van der Waals surface area contributed by atoms with Crippen molar-refractivity contribution in [3.05, 3.63) is 53.1 Å². The normalized spacial score (nSPS) is 10.9. The van der Waals surface area contributed by atoms with Gasteiger partial charge in [0.2, 0.25) is 0 Å². The van der Waals surface area contributed by atoms with E-state index in [0.717, 1.165) is 0 Å². The van der Waals surface area contributed by atoms with Crippen LogP contribution < -0.4 is 4.90 Å². The first-order valence-electron chi connectivity index (χ1n) is 8.12. The molecule has 0 radical (unpaired) electrons. The molecule has 0 spiro atoms. The number of aromatic hydroxyl groups is 1. The number of phenols is 1. The minimum atomic E-state index is -0.477. The van der Waals surface area contributed by atoms with Crippen LogP contribution in [0.25, 0.3) is 5.65 Å². The molecule has 0 amide bonds. The molecule has 136 valence electrons. The van der Waals surface area contributed by atoms with E-state index in [1.54, 1.807) is 38.1 Å². The fourth-order valence-corrected chi connectivity index (χ4v) is 2.70. The Kier molecular flexibility index (Phi) is 4.75. The number of carbonyl (C=O) groups is 1. The first-order chi connectivity index (χ1) is 12.4. The molecule has 2 aromatic heterocycles. The lowest BCUT2D eigenvalue weighted by molar-refractivity contribution is 0.0527. The number of carbonyl (C=O) groups excluding carboxylic acids is 1. The van der Waals surface area contributed by atoms with Crippen molar-refractivity contribution in [3.63, 3.8) is 0 Å². The van der Waals surface area contributed by atoms with Gasteiger partial charge in [-0.05, 0) is 38.1 Å². The van der Waals surface area contributed by atoms with Gasteiger partial charge in [-0.2, -0.15) is 5.10 Å². The fourth-order valence-electron chi connectivity index (χ4n) is 2.70. The smallest absolute Gasteiger partial charge is 0.343 e. The number of esters is 1. The monoisotopic (exact) mass is 358 g/mol. The molecule has 0 fully saturated rings. The quantitative estimate of drug-likeness (QED) is 0.707. The molecule has 0 atom stereocenters. The van der Waals surface area contributed by atoms with E-state index in [0.29, 0.717) is 28.3 Å². The van der Waals surface area contributed by atoms with Gasteiger partial charge in [-0.1, -0.05) is 0 Å². The molecule has 1 N–H and O–H groups in total. The number of benzene rings is 1. The number of fused-ring (bicyclic) bond motifs is 1. The third-order valence-electron chi connectivity index (χ3n) is 3.97. The summed E-state index contributed by atoms with van der Waals surface area (Å²) in [5.74, 6) is -0.348. The third-order valence-corrected chi connectivity index (χ3v) is 3.97. The summed E-state index contributed by atoms with van der Waals surface area (Å²) < 4.78 is 20.0. The molecule has 7 nitrogen and oxygen atoms in total. The van der Waals surface area contributed by atoms with Crippen LogP contribution in [0.3, 0.4) is 0 Å². The topological polar surface area (TPSA) is 80.0 Å². The van der Waals surface area contributed by atoms with Crippen molar-refractivity contribution in [1.82, 2.24) is 14.6 Å². The van der Waals surface area contributed by atoms with Crippen LogP contribution in [0.4, 0.5) is 10.2 Å². The lowest BCUT2D eigenvalue weighted by Crippen LogP contribution is -2.18. The molecule has 8 heteroatoms. The molecule has 3 aromatic rings. The van der Waals surface area contributed by atoms with E-state index in [4.69, 9.17) is 4.74 Å². The summed E-state index contributed by atoms with van der Waals surface area (Å²) in [6.07, 6.45) is 1.69. The van der Waals surface area contributed by atoms with Crippen molar-refractivity contribution in [1.29, 1.82) is 0 Å². The van der Waals surface area contributed by atoms with Gasteiger partial charge in [0.1, 0.15) is 22.9 Å². The predicted octanol–water partition coefficient (Wildman–Crippen LogP) is 2.70. The van der Waals surface area contributed by atoms with Crippen LogP contribution in [0.1, 0.15) is 28.5 Å². The number of aromatic nitrogens is 3. The van der Waals surface area contributed by atoms with E-state index in [1.165, 1.54) is 22.7 Å². The zero-order chi connectivity index (χ0) is 18.8. The van der Waals surface area contributed by atoms with Gasteiger partial charge in [0.05, 0.1) is 12.3 Å². The molecule has 0 saturated carbocycles. The van der Waals surface area contributed by atoms with Gasteiger partial charge >= 0.3 is 5.97 Å². The Morgan fingerprint density at radius 1 is 1.38 bits per heavy atom. The molecular formula is C18H19FN4O3. The highest BCUT2D eigenvalue weighted by Crippen LogP contribution is 2.23. The minimum Gasteiger partial charge on any atom is -0.508 e. The van der Waals surface area contributed by atoms with Crippen molar-refractivity contribution in [2.75, 3.05) is 18.6 Å². The second-order valence-electron chi connectivity index (χ2n) is 5.86. The first kappa shape index (κ1) is 17.7. The number of hydrogen-bond acceptors (Lipinski definition) is 6. The maximum Gasteiger partial charge on any atom is 0.343 e. The standard InChI is InChI=1S/C18H19FN4O3/c1-4-26-18(25)16-11(2)21-23-8-7-15(20-17(16)23)22(3)10-12-9-13(19)5-6-14(12)24/h5-9,24H,4,10H2,1-3H3. The molecule has 0 aliphatic rings. The molecule has 0 bridgehead atoms. The molecule has 3 rings (SSSR count). The summed E-state index contributed by atoms with van der Waals surface area (Å²) in [7, 11) is 1.76. The molecule has 0 unspecified atom stereocenters. The maximum atomic E-state index is 13.4. The van der Waals surface area contributed by atoms with Crippen molar-refractivity contribution in [2.24, 2.45) is 0 Å². The number of halogens is 1. The average Bonchev–Trinajstić information content (AvgIpc) is 2.93. The van der Waals surface area contributed by atoms with Crippen LogP contribution in [-0.2, 0) is 11.3 Å². The number of aryl methyl sites for hydroxylation is 1. The SMILES string of the molecule is CCOC(=O)c1c(C)nn2ccc(N(C)Cc3cc(F)ccc3O)nc12. The van der Waals surface area contributed by atoms with Gasteiger partial charge in [-0.25, -0.2) is 18.7 Å². The highest BCUT2D eigenvalue weighted by molar-refractivity contribution is 5.97. The summed E-state index contributed by atoms with van der Waals surface area (Å²) in [5.41, 5.74) is 1.66. The van der Waals surface area contributed by atoms with Gasteiger partial charge in [-0.15, -0.1) is 0 Å². The molecular weight excluding hydrogens is 339 g/mol. The highest BCUT2D eigenvalue weighted by Gasteiger charge is 2.20. The Hall–Kier alpha value is -3.16. The Morgan fingerprint density at radius 3 is 2.88 bits per heavy atom. The number of ether oxygens (including phenoxy) is 1. The molecule has 0 aliphatic carbocycles. The van der Waals surface area contributed by atoms with E-state index in [1.807, 2.05) is 0 Å². The van der Waals surface area contributed by atoms with Crippen molar-refractivity contribution >= 4 is 17.4 Å². The van der Waals surface area contributed by atoms with E-state index < -0.39 is 11.8 Å². The molecule has 0 saturated heterocycles. The van der Waals surface area contributed by atoms with E-state index in [2.05, 4.69) is 10.1 Å². The number of anilines is 1. The van der Waals surface area contributed by atoms with E-state index >= 15 is 0 Å². The maximum absolute atomic E-state index is 13.4. The summed E-state index contributed by atoms with van der Waals surface area (Å²) in [4.78, 5) is 18.4. The van der Waals surface area contributed by atoms with E-state index in [9.17, 15) is 14.3 Å². The number of phenolic OH excluding ortho intramolecular Hbond substituents is 1. The van der Waals surface area contributed by atoms with Crippen LogP contribution in [-0.4, -0.2) is 39.3 Å². The fraction of sp³-hybridized carbons (Fsp3) is 0.278. The Labute approximate surface area is 149 Å². The largest absolute Gasteiger partial charge is 0.508 e. The van der Waals surface area contributed by atoms with Crippen LogP contribution in [0.15, 0.2) is 30.5 Å². The van der Waals surface area contributed by atoms with Gasteiger partial charge in [0.25, 0.3) is 0 Å². The lowest BCUT2D eigenvalue weighted by atomic mass is 10.2. The highest BCUT2D eigenvalue weighted by atomic mass is 19.1. The van der Waals surface area contributed by atoms with Crippen LogP contribution >= 0.6 is 0 Å². The van der Waals surface area contributed by atoms with Crippen molar-refractivity contribution in [3.8, 4) is 5.75 Å². The van der Waals surface area contributed by atoms with Gasteiger partial charge < -0.3 is 14.7 Å². The minimum absolute atomic E-state index is 0.00624. The second-order valence-corrected chi connectivity index (χ2v) is 5.86. The summed E-state index contributed by atoms with van der Waals surface area (Å²) in [5, 5.41) is 14.2. The van der Waals surface area contributed by atoms with Gasteiger partial charge in [0, 0.05) is 25.4 Å². The summed E-state index contributed by atoms with van der Waals surface area (Å²) >= 11 is 0. The van der Waals surface area contributed by atoms with Gasteiger partial charge in [-0.3, -0.25) is 0 Å². The zero-order valence-corrected chi connectivity index (χ0v) is 14.7. The predicted molar refractivity (Wildman–Crippen MR) is 93.9 cm³/mol.